The maximum atomic E-state index is 7.53. The predicted molar refractivity (Wildman–Crippen MR) is 183 cm³/mol. The van der Waals surface area contributed by atoms with Crippen molar-refractivity contribution >= 4 is 38.8 Å². The second kappa shape index (κ2) is 15.3. The summed E-state index contributed by atoms with van der Waals surface area (Å²) >= 11 is 0. The fourth-order valence-corrected chi connectivity index (χ4v) is 12.5. The van der Waals surface area contributed by atoms with Gasteiger partial charge in [0.15, 0.2) is 0 Å². The molecule has 0 N–H and O–H groups in total. The molecule has 4 aromatic carbocycles. The highest BCUT2D eigenvalue weighted by atomic mass is 28.4. The Morgan fingerprint density at radius 2 is 0.628 bits per heavy atom. The van der Waals surface area contributed by atoms with Crippen LogP contribution in [-0.2, 0) is 4.12 Å². The van der Waals surface area contributed by atoms with E-state index in [1.807, 2.05) is 27.7 Å². The van der Waals surface area contributed by atoms with Crippen molar-refractivity contribution in [3.63, 3.8) is 0 Å². The normalized spacial score (nSPS) is 11.2. The molecule has 7 heteroatoms. The Labute approximate surface area is 261 Å². The summed E-state index contributed by atoms with van der Waals surface area (Å²) in [6.07, 6.45) is 0. The van der Waals surface area contributed by atoms with E-state index < -0.39 is 18.1 Å². The first-order valence-electron chi connectivity index (χ1n) is 15.4. The van der Waals surface area contributed by atoms with E-state index in [1.165, 1.54) is 20.7 Å². The highest BCUT2D eigenvalue weighted by Gasteiger charge is 2.28. The Kier molecular flexibility index (Phi) is 11.5. The van der Waals surface area contributed by atoms with Gasteiger partial charge in [-0.1, -0.05) is 48.5 Å². The average Bonchev–Trinajstić information content (AvgIpc) is 2.98. The number of aryl methyl sites for hydroxylation is 4. The molecule has 4 aromatic rings. The zero-order valence-electron chi connectivity index (χ0n) is 27.0. The third-order valence-electron chi connectivity index (χ3n) is 7.48. The summed E-state index contributed by atoms with van der Waals surface area (Å²) in [4.78, 5) is 0. The second-order valence-corrected chi connectivity index (χ2v) is 16.0. The predicted octanol–water partition coefficient (Wildman–Crippen LogP) is 4.91. The molecule has 0 aliphatic carbocycles. The van der Waals surface area contributed by atoms with Crippen molar-refractivity contribution in [2.24, 2.45) is 0 Å². The van der Waals surface area contributed by atoms with E-state index in [-0.39, 0.29) is 0 Å². The Hall–Kier alpha value is -3.53. The molecule has 0 aliphatic heterocycles. The van der Waals surface area contributed by atoms with Crippen molar-refractivity contribution in [2.45, 2.75) is 55.4 Å². The van der Waals surface area contributed by atoms with E-state index in [4.69, 9.17) is 23.1 Å². The number of ether oxygens (including phenoxy) is 4. The zero-order chi connectivity index (χ0) is 30.9. The molecule has 5 nitrogen and oxygen atoms in total. The molecule has 4 rings (SSSR count). The fraction of sp³-hybridized carbons (Fsp3) is 0.333. The van der Waals surface area contributed by atoms with Crippen molar-refractivity contribution in [3.8, 4) is 23.0 Å². The summed E-state index contributed by atoms with van der Waals surface area (Å²) < 4.78 is 31.1. The van der Waals surface area contributed by atoms with E-state index >= 15 is 0 Å². The lowest BCUT2D eigenvalue weighted by Gasteiger charge is -2.27. The number of rotatable bonds is 14. The van der Waals surface area contributed by atoms with E-state index in [0.717, 1.165) is 45.3 Å². The smallest absolute Gasteiger partial charge is 0.228 e. The van der Waals surface area contributed by atoms with Gasteiger partial charge in [0.2, 0.25) is 18.1 Å². The van der Waals surface area contributed by atoms with Crippen LogP contribution in [0.3, 0.4) is 0 Å². The molecule has 0 aromatic heterocycles. The van der Waals surface area contributed by atoms with Gasteiger partial charge in [0.25, 0.3) is 0 Å². The molecule has 0 fully saturated rings. The quantitative estimate of drug-likeness (QED) is 0.189. The van der Waals surface area contributed by atoms with Crippen LogP contribution >= 0.6 is 0 Å². The van der Waals surface area contributed by atoms with Gasteiger partial charge in [-0.25, -0.2) is 0 Å². The minimum Gasteiger partial charge on any atom is -0.494 e. The molecule has 43 heavy (non-hydrogen) atoms. The first-order chi connectivity index (χ1) is 20.8. The van der Waals surface area contributed by atoms with E-state index in [0.29, 0.717) is 26.4 Å². The minimum atomic E-state index is -2.18. The first kappa shape index (κ1) is 32.4. The van der Waals surface area contributed by atoms with Crippen molar-refractivity contribution < 1.29 is 23.1 Å². The summed E-state index contributed by atoms with van der Waals surface area (Å²) in [5.41, 5.74) is 4.48. The summed E-state index contributed by atoms with van der Waals surface area (Å²) in [6.45, 7) is 19.1. The summed E-state index contributed by atoms with van der Waals surface area (Å²) in [7, 11) is -4.36. The molecule has 0 saturated carbocycles. The van der Waals surface area contributed by atoms with E-state index in [9.17, 15) is 0 Å². The topological polar surface area (TPSA) is 46.2 Å². The highest BCUT2D eigenvalue weighted by Crippen LogP contribution is 2.21. The Balaban J connectivity index is 1.86. The van der Waals surface area contributed by atoms with Crippen LogP contribution in [0.2, 0.25) is 0 Å². The molecular formula is C36H46O5Si2. The maximum absolute atomic E-state index is 7.53. The van der Waals surface area contributed by atoms with Crippen LogP contribution < -0.4 is 39.7 Å². The van der Waals surface area contributed by atoms with Crippen LogP contribution in [0.4, 0.5) is 0 Å². The third-order valence-corrected chi connectivity index (χ3v) is 13.5. The standard InChI is InChI=1S/C36H46O5Si2/c1-9-37-33-17-13-29(21-25(33)5)42(30-14-18-34(38-10-2)26(6)22-30)41-43(31-15-19-35(39-11-3)27(7)23-31)32-16-20-36(40-12-4)28(8)24-32/h13-24,42-43H,9-12H2,1-8H3. The maximum Gasteiger partial charge on any atom is 0.228 e. The van der Waals surface area contributed by atoms with Crippen molar-refractivity contribution in [1.82, 2.24) is 0 Å². The fourth-order valence-electron chi connectivity index (χ4n) is 5.45. The van der Waals surface area contributed by atoms with Gasteiger partial charge >= 0.3 is 0 Å². The van der Waals surface area contributed by atoms with Crippen molar-refractivity contribution in [1.29, 1.82) is 0 Å². The van der Waals surface area contributed by atoms with Crippen LogP contribution in [0.25, 0.3) is 0 Å². The molecule has 0 saturated heterocycles. The van der Waals surface area contributed by atoms with Gasteiger partial charge in [-0.3, -0.25) is 0 Å². The summed E-state index contributed by atoms with van der Waals surface area (Å²) in [5, 5.41) is 4.92. The van der Waals surface area contributed by atoms with Gasteiger partial charge in [-0.15, -0.1) is 0 Å². The Bertz CT molecular complexity index is 1300. The van der Waals surface area contributed by atoms with Gasteiger partial charge in [0, 0.05) is 0 Å². The largest absolute Gasteiger partial charge is 0.494 e. The molecule has 0 bridgehead atoms. The number of hydrogen-bond acceptors (Lipinski definition) is 5. The van der Waals surface area contributed by atoms with E-state index in [1.54, 1.807) is 0 Å². The van der Waals surface area contributed by atoms with Crippen LogP contribution in [0.5, 0.6) is 23.0 Å². The van der Waals surface area contributed by atoms with Crippen LogP contribution in [-0.4, -0.2) is 44.5 Å². The highest BCUT2D eigenvalue weighted by molar-refractivity contribution is 6.91. The zero-order valence-corrected chi connectivity index (χ0v) is 29.3. The van der Waals surface area contributed by atoms with E-state index in [2.05, 4.69) is 100 Å². The SMILES string of the molecule is CCOc1ccc([SiH](O[SiH](c2ccc(OCC)c(C)c2)c2ccc(OCC)c(C)c2)c2ccc(OCC)c(C)c2)cc1C. The first-order valence-corrected chi connectivity index (χ1v) is 18.6. The monoisotopic (exact) mass is 614 g/mol. The minimum absolute atomic E-state index is 0.638. The van der Waals surface area contributed by atoms with Gasteiger partial charge in [-0.2, -0.15) is 0 Å². The average molecular weight is 615 g/mol. The molecule has 228 valence electrons. The lowest BCUT2D eigenvalue weighted by Crippen LogP contribution is -2.56. The molecule has 0 atom stereocenters. The molecule has 0 radical (unpaired) electrons. The number of benzene rings is 4. The lowest BCUT2D eigenvalue weighted by atomic mass is 10.2. The van der Waals surface area contributed by atoms with Crippen LogP contribution in [0.1, 0.15) is 49.9 Å². The molecule has 0 spiro atoms. The summed E-state index contributed by atoms with van der Waals surface area (Å²) in [5.74, 6) is 3.67. The van der Waals surface area contributed by atoms with Gasteiger partial charge in [-0.05, 0) is 123 Å². The molecule has 0 amide bonds. The molecule has 0 unspecified atom stereocenters. The number of hydrogen-bond donors (Lipinski definition) is 0. The van der Waals surface area contributed by atoms with Gasteiger partial charge in [0.1, 0.15) is 23.0 Å². The molecular weight excluding hydrogens is 569 g/mol. The van der Waals surface area contributed by atoms with Gasteiger partial charge < -0.3 is 23.1 Å². The third kappa shape index (κ3) is 7.90. The van der Waals surface area contributed by atoms with Crippen molar-refractivity contribution in [3.05, 3.63) is 95.1 Å². The molecule has 0 heterocycles. The Morgan fingerprint density at radius 3 is 0.814 bits per heavy atom. The van der Waals surface area contributed by atoms with Crippen LogP contribution in [0, 0.1) is 27.7 Å². The van der Waals surface area contributed by atoms with Crippen LogP contribution in [0.15, 0.2) is 72.8 Å². The lowest BCUT2D eigenvalue weighted by molar-refractivity contribution is 0.338. The summed E-state index contributed by atoms with van der Waals surface area (Å²) in [6, 6.07) is 26.2. The Morgan fingerprint density at radius 1 is 0.395 bits per heavy atom. The molecule has 0 aliphatic rings. The second-order valence-electron chi connectivity index (χ2n) is 10.7. The van der Waals surface area contributed by atoms with Crippen molar-refractivity contribution in [2.75, 3.05) is 26.4 Å². The van der Waals surface area contributed by atoms with Gasteiger partial charge in [0.05, 0.1) is 26.4 Å².